The Labute approximate surface area is 384 Å². The molecule has 0 spiro atoms. The third kappa shape index (κ3) is 5.81. The summed E-state index contributed by atoms with van der Waals surface area (Å²) in [5.41, 5.74) is 13.4. The molecule has 314 valence electrons. The first-order chi connectivity index (χ1) is 33.2. The predicted molar refractivity (Wildman–Crippen MR) is 278 cm³/mol. The zero-order valence-corrected chi connectivity index (χ0v) is 36.1. The zero-order chi connectivity index (χ0) is 44.0. The van der Waals surface area contributed by atoms with Crippen molar-refractivity contribution in [1.29, 1.82) is 0 Å². The minimum absolute atomic E-state index is 0.805. The molecule has 3 heterocycles. The lowest BCUT2D eigenvalue weighted by Crippen LogP contribution is -2.11. The van der Waals surface area contributed by atoms with E-state index in [-0.39, 0.29) is 0 Å². The van der Waals surface area contributed by atoms with Gasteiger partial charge >= 0.3 is 0 Å². The number of rotatable bonds is 7. The minimum atomic E-state index is 0.805. The maximum absolute atomic E-state index is 7.16. The summed E-state index contributed by atoms with van der Waals surface area (Å²) in [7, 11) is 0. The molecule has 0 radical (unpaired) electrons. The second-order valence-corrected chi connectivity index (χ2v) is 17.2. The summed E-state index contributed by atoms with van der Waals surface area (Å²) in [5, 5.41) is 11.0. The molecule has 14 aromatic rings. The average Bonchev–Trinajstić information content (AvgIpc) is 4.09. The Morgan fingerprint density at radius 2 is 0.791 bits per heavy atom. The van der Waals surface area contributed by atoms with Gasteiger partial charge in [0.2, 0.25) is 0 Å². The number of hydrogen-bond acceptors (Lipinski definition) is 5. The van der Waals surface area contributed by atoms with Crippen molar-refractivity contribution in [2.45, 2.75) is 0 Å². The second kappa shape index (κ2) is 14.7. The fraction of sp³-hybridized carbons (Fsp3) is 0. The van der Waals surface area contributed by atoms with Crippen LogP contribution in [0.4, 0.5) is 34.1 Å². The average molecular weight is 859 g/mol. The van der Waals surface area contributed by atoms with Crippen LogP contribution in [0.2, 0.25) is 0 Å². The molecule has 11 aromatic carbocycles. The van der Waals surface area contributed by atoms with Crippen LogP contribution in [0.25, 0.3) is 98.5 Å². The van der Waals surface area contributed by atoms with E-state index in [9.17, 15) is 0 Å². The van der Waals surface area contributed by atoms with Gasteiger partial charge in [-0.1, -0.05) is 140 Å². The van der Waals surface area contributed by atoms with Crippen molar-refractivity contribution in [3.8, 4) is 11.1 Å². The fourth-order valence-electron chi connectivity index (χ4n) is 10.4. The molecule has 0 bridgehead atoms. The van der Waals surface area contributed by atoms with E-state index < -0.39 is 0 Å². The van der Waals surface area contributed by atoms with Gasteiger partial charge in [-0.15, -0.1) is 0 Å². The lowest BCUT2D eigenvalue weighted by atomic mass is 9.96. The largest absolute Gasteiger partial charge is 0.456 e. The summed E-state index contributed by atoms with van der Waals surface area (Å²) in [6.45, 7) is 0. The lowest BCUT2D eigenvalue weighted by molar-refractivity contribution is 0.668. The van der Waals surface area contributed by atoms with Gasteiger partial charge in [-0.2, -0.15) is 0 Å². The Morgan fingerprint density at radius 3 is 1.60 bits per heavy atom. The molecule has 5 nitrogen and oxygen atoms in total. The van der Waals surface area contributed by atoms with Gasteiger partial charge in [-0.3, -0.25) is 0 Å². The number of nitrogens with zero attached hydrogens (tertiary/aromatic N) is 2. The zero-order valence-electron chi connectivity index (χ0n) is 36.1. The number of anilines is 6. The van der Waals surface area contributed by atoms with Gasteiger partial charge in [-0.05, 0) is 107 Å². The molecule has 0 saturated heterocycles. The van der Waals surface area contributed by atoms with Crippen molar-refractivity contribution in [2.24, 2.45) is 0 Å². The Kier molecular flexibility index (Phi) is 8.21. The smallest absolute Gasteiger partial charge is 0.159 e. The molecule has 0 aliphatic carbocycles. The van der Waals surface area contributed by atoms with Crippen molar-refractivity contribution in [3.63, 3.8) is 0 Å². The Hall–Kier alpha value is -9.06. The number of fused-ring (bicyclic) bond motifs is 14. The molecular weight excluding hydrogens is 821 g/mol. The van der Waals surface area contributed by atoms with Crippen molar-refractivity contribution < 1.29 is 13.3 Å². The number of hydrogen-bond donors (Lipinski definition) is 0. The molecule has 67 heavy (non-hydrogen) atoms. The van der Waals surface area contributed by atoms with Crippen LogP contribution in [0.15, 0.2) is 244 Å². The summed E-state index contributed by atoms with van der Waals surface area (Å²) in [6.07, 6.45) is 0. The molecule has 0 unspecified atom stereocenters. The number of para-hydroxylation sites is 5. The molecule has 0 aliphatic heterocycles. The lowest BCUT2D eigenvalue weighted by Gasteiger charge is -2.27. The van der Waals surface area contributed by atoms with Crippen LogP contribution in [-0.2, 0) is 0 Å². The monoisotopic (exact) mass is 858 g/mol. The van der Waals surface area contributed by atoms with Crippen LogP contribution in [-0.4, -0.2) is 0 Å². The Balaban J connectivity index is 0.981. The molecule has 0 N–H and O–H groups in total. The first kappa shape index (κ1) is 37.3. The highest BCUT2D eigenvalue weighted by molar-refractivity contribution is 6.30. The molecule has 3 aromatic heterocycles. The summed E-state index contributed by atoms with van der Waals surface area (Å²) >= 11 is 0. The normalized spacial score (nSPS) is 11.9. The highest BCUT2D eigenvalue weighted by atomic mass is 16.3. The Morgan fingerprint density at radius 1 is 0.254 bits per heavy atom. The SMILES string of the molecule is c1ccc(-c2ccccc2N(c2ccc3c(c2)oc2c4ccc(N(c5ccccc5)c5ccc6oc7ccccc7c6c5)cc4c4ccccc4c32)c2cccc3c2oc2ccccc23)cc1. The van der Waals surface area contributed by atoms with E-state index >= 15 is 0 Å². The molecule has 0 aliphatic rings. The van der Waals surface area contributed by atoms with Crippen LogP contribution < -0.4 is 9.80 Å². The van der Waals surface area contributed by atoms with Crippen LogP contribution in [0, 0.1) is 0 Å². The van der Waals surface area contributed by atoms with Gasteiger partial charge in [0, 0.05) is 66.4 Å². The van der Waals surface area contributed by atoms with Crippen molar-refractivity contribution in [1.82, 2.24) is 0 Å². The van der Waals surface area contributed by atoms with Crippen molar-refractivity contribution in [3.05, 3.63) is 231 Å². The van der Waals surface area contributed by atoms with Gasteiger partial charge in [0.05, 0.1) is 17.1 Å². The standard InChI is InChI=1S/C62H38N2O3/c1-3-16-39(17-4-1)44-20-9-12-26-54(44)64(55-27-15-25-49-46-22-10-14-29-57(46)66-61(49)55)43-31-34-51-59(38-43)67-62-50-33-30-41(36-52(50)45-21-7-8-24-48(45)60(51)62)63(40-18-5-2-6-19-40)42-32-35-58-53(37-42)47-23-11-13-28-56(47)65-58/h1-38H. The van der Waals surface area contributed by atoms with E-state index in [0.717, 1.165) is 133 Å². The van der Waals surface area contributed by atoms with Gasteiger partial charge in [0.25, 0.3) is 0 Å². The third-order valence-corrected chi connectivity index (χ3v) is 13.4. The first-order valence-corrected chi connectivity index (χ1v) is 22.7. The third-order valence-electron chi connectivity index (χ3n) is 13.4. The maximum Gasteiger partial charge on any atom is 0.159 e. The minimum Gasteiger partial charge on any atom is -0.456 e. The molecule has 0 amide bonds. The van der Waals surface area contributed by atoms with E-state index in [1.54, 1.807) is 0 Å². The van der Waals surface area contributed by atoms with E-state index in [0.29, 0.717) is 0 Å². The number of furan rings is 3. The van der Waals surface area contributed by atoms with Crippen molar-refractivity contribution in [2.75, 3.05) is 9.80 Å². The summed E-state index contributed by atoms with van der Waals surface area (Å²) in [4.78, 5) is 4.65. The molecule has 0 atom stereocenters. The van der Waals surface area contributed by atoms with E-state index in [2.05, 4.69) is 216 Å². The summed E-state index contributed by atoms with van der Waals surface area (Å²) in [5.74, 6) is 0. The summed E-state index contributed by atoms with van der Waals surface area (Å²) in [6, 6.07) is 81.3. The van der Waals surface area contributed by atoms with Crippen LogP contribution in [0.5, 0.6) is 0 Å². The van der Waals surface area contributed by atoms with Gasteiger partial charge in [0.15, 0.2) is 5.58 Å². The van der Waals surface area contributed by atoms with Crippen molar-refractivity contribution >= 4 is 121 Å². The molecule has 0 saturated carbocycles. The van der Waals surface area contributed by atoms with Gasteiger partial charge in [-0.25, -0.2) is 0 Å². The highest BCUT2D eigenvalue weighted by Crippen LogP contribution is 2.49. The van der Waals surface area contributed by atoms with E-state index in [4.69, 9.17) is 13.3 Å². The predicted octanol–water partition coefficient (Wildman–Crippen LogP) is 18.3. The Bertz CT molecular complexity index is 4240. The molecule has 14 rings (SSSR count). The quantitative estimate of drug-likeness (QED) is 0.149. The topological polar surface area (TPSA) is 45.9 Å². The molecular formula is C62H38N2O3. The van der Waals surface area contributed by atoms with Crippen LogP contribution in [0.1, 0.15) is 0 Å². The van der Waals surface area contributed by atoms with E-state index in [1.807, 2.05) is 24.3 Å². The summed E-state index contributed by atoms with van der Waals surface area (Å²) < 4.78 is 20.1. The van der Waals surface area contributed by atoms with Gasteiger partial charge < -0.3 is 23.1 Å². The van der Waals surface area contributed by atoms with Crippen LogP contribution in [0.3, 0.4) is 0 Å². The van der Waals surface area contributed by atoms with E-state index in [1.165, 1.54) is 0 Å². The number of benzene rings is 11. The first-order valence-electron chi connectivity index (χ1n) is 22.7. The van der Waals surface area contributed by atoms with Gasteiger partial charge in [0.1, 0.15) is 27.9 Å². The van der Waals surface area contributed by atoms with Crippen LogP contribution >= 0.6 is 0 Å². The maximum atomic E-state index is 7.16. The molecule has 0 fully saturated rings. The fourth-order valence-corrected chi connectivity index (χ4v) is 10.4. The second-order valence-electron chi connectivity index (χ2n) is 17.2. The molecule has 5 heteroatoms. The highest BCUT2D eigenvalue weighted by Gasteiger charge is 2.25.